The fourth-order valence-corrected chi connectivity index (χ4v) is 4.15. The maximum Gasteiger partial charge on any atom is 0.105 e. The van der Waals surface area contributed by atoms with Crippen LogP contribution in [-0.2, 0) is 6.42 Å². The van der Waals surface area contributed by atoms with Crippen molar-refractivity contribution in [2.45, 2.75) is 25.3 Å². The van der Waals surface area contributed by atoms with Crippen LogP contribution in [0.5, 0.6) is 0 Å². The molecule has 0 saturated heterocycles. The van der Waals surface area contributed by atoms with E-state index in [1.807, 2.05) is 29.5 Å². The van der Waals surface area contributed by atoms with Crippen LogP contribution in [0.15, 0.2) is 29.6 Å². The van der Waals surface area contributed by atoms with Gasteiger partial charge < -0.3 is 11.1 Å². The smallest absolute Gasteiger partial charge is 0.105 e. The van der Waals surface area contributed by atoms with Gasteiger partial charge in [-0.1, -0.05) is 23.8 Å². The Morgan fingerprint density at radius 3 is 3.00 bits per heavy atom. The van der Waals surface area contributed by atoms with Crippen molar-refractivity contribution in [3.63, 3.8) is 0 Å². The summed E-state index contributed by atoms with van der Waals surface area (Å²) in [7, 11) is 0. The van der Waals surface area contributed by atoms with E-state index in [-0.39, 0.29) is 0 Å². The zero-order chi connectivity index (χ0) is 14.1. The molecule has 3 N–H and O–H groups in total. The highest BCUT2D eigenvalue weighted by Crippen LogP contribution is 2.36. The normalized spacial score (nSPS) is 17.6. The molecule has 1 aromatic carbocycles. The predicted molar refractivity (Wildman–Crippen MR) is 91.0 cm³/mol. The SMILES string of the molecule is NC(=S)c1ccc(NC2CCCc3sccc32)cc1Cl. The van der Waals surface area contributed by atoms with E-state index in [0.29, 0.717) is 16.1 Å². The van der Waals surface area contributed by atoms with Crippen LogP contribution in [-0.4, -0.2) is 4.99 Å². The fraction of sp³-hybridized carbons (Fsp3) is 0.267. The Morgan fingerprint density at radius 2 is 2.25 bits per heavy atom. The molecule has 1 unspecified atom stereocenters. The minimum atomic E-state index is 0.333. The van der Waals surface area contributed by atoms with E-state index in [1.54, 1.807) is 0 Å². The lowest BCUT2D eigenvalue weighted by Gasteiger charge is -2.25. The molecule has 0 radical (unpaired) electrons. The first-order valence-electron chi connectivity index (χ1n) is 6.57. The Bertz CT molecular complexity index is 651. The highest BCUT2D eigenvalue weighted by Gasteiger charge is 2.21. The molecule has 2 nitrogen and oxygen atoms in total. The molecule has 0 spiro atoms. The summed E-state index contributed by atoms with van der Waals surface area (Å²) in [4.78, 5) is 1.83. The first kappa shape index (κ1) is 13.9. The summed E-state index contributed by atoms with van der Waals surface area (Å²) < 4.78 is 0. The van der Waals surface area contributed by atoms with E-state index in [4.69, 9.17) is 29.6 Å². The minimum absolute atomic E-state index is 0.333. The largest absolute Gasteiger partial charge is 0.389 e. The van der Waals surface area contributed by atoms with E-state index in [2.05, 4.69) is 16.8 Å². The van der Waals surface area contributed by atoms with E-state index < -0.39 is 0 Å². The molecule has 1 heterocycles. The average molecular weight is 323 g/mol. The van der Waals surface area contributed by atoms with Gasteiger partial charge in [0.25, 0.3) is 0 Å². The molecule has 1 aliphatic carbocycles. The van der Waals surface area contributed by atoms with Gasteiger partial charge in [0, 0.05) is 16.1 Å². The maximum absolute atomic E-state index is 6.22. The number of hydrogen-bond acceptors (Lipinski definition) is 3. The molecule has 1 aromatic heterocycles. The van der Waals surface area contributed by atoms with Crippen LogP contribution < -0.4 is 11.1 Å². The molecule has 20 heavy (non-hydrogen) atoms. The van der Waals surface area contributed by atoms with Gasteiger partial charge in [-0.05, 0) is 54.5 Å². The molecule has 2 aromatic rings. The topological polar surface area (TPSA) is 38.0 Å². The first-order valence-corrected chi connectivity index (χ1v) is 8.24. The van der Waals surface area contributed by atoms with Crippen LogP contribution in [0, 0.1) is 0 Å². The summed E-state index contributed by atoms with van der Waals surface area (Å²) in [5, 5.41) is 6.34. The molecule has 0 aliphatic heterocycles. The quantitative estimate of drug-likeness (QED) is 0.816. The van der Waals surface area contributed by atoms with Crippen molar-refractivity contribution in [2.24, 2.45) is 5.73 Å². The van der Waals surface area contributed by atoms with Gasteiger partial charge in [-0.2, -0.15) is 0 Å². The number of fused-ring (bicyclic) bond motifs is 1. The van der Waals surface area contributed by atoms with Crippen molar-refractivity contribution in [1.29, 1.82) is 0 Å². The van der Waals surface area contributed by atoms with E-state index in [9.17, 15) is 0 Å². The molecule has 1 atom stereocenters. The third-order valence-corrected chi connectivity index (χ3v) is 5.16. The number of thiocarbonyl (C=S) groups is 1. The van der Waals surface area contributed by atoms with E-state index in [1.165, 1.54) is 23.3 Å². The van der Waals surface area contributed by atoms with Gasteiger partial charge in [0.05, 0.1) is 11.1 Å². The maximum atomic E-state index is 6.22. The van der Waals surface area contributed by atoms with Crippen LogP contribution in [0.2, 0.25) is 5.02 Å². The number of benzene rings is 1. The summed E-state index contributed by atoms with van der Waals surface area (Å²) in [5.74, 6) is 0. The number of nitrogens with one attached hydrogen (secondary N) is 1. The second kappa shape index (κ2) is 5.72. The van der Waals surface area contributed by atoms with Crippen LogP contribution in [0.3, 0.4) is 0 Å². The Labute approximate surface area is 132 Å². The van der Waals surface area contributed by atoms with Gasteiger partial charge in [-0.15, -0.1) is 11.3 Å². The van der Waals surface area contributed by atoms with Crippen molar-refractivity contribution in [1.82, 2.24) is 0 Å². The zero-order valence-corrected chi connectivity index (χ0v) is 13.2. The van der Waals surface area contributed by atoms with Crippen LogP contribution in [0.4, 0.5) is 5.69 Å². The third kappa shape index (κ3) is 2.68. The summed E-state index contributed by atoms with van der Waals surface area (Å²) in [5.41, 5.74) is 8.79. The van der Waals surface area contributed by atoms with Crippen LogP contribution >= 0.6 is 35.2 Å². The molecule has 0 bridgehead atoms. The lowest BCUT2D eigenvalue weighted by Crippen LogP contribution is -2.16. The first-order chi connectivity index (χ1) is 9.65. The second-order valence-electron chi connectivity index (χ2n) is 4.95. The van der Waals surface area contributed by atoms with Gasteiger partial charge in [-0.25, -0.2) is 0 Å². The van der Waals surface area contributed by atoms with Crippen LogP contribution in [0.25, 0.3) is 0 Å². The van der Waals surface area contributed by atoms with Crippen LogP contribution in [0.1, 0.15) is 34.9 Å². The molecular formula is C15H15ClN2S2. The van der Waals surface area contributed by atoms with Crippen molar-refractivity contribution >= 4 is 45.8 Å². The summed E-state index contributed by atoms with van der Waals surface area (Å²) in [6, 6.07) is 8.36. The monoisotopic (exact) mass is 322 g/mol. The number of halogens is 1. The summed E-state index contributed by atoms with van der Waals surface area (Å²) >= 11 is 13.0. The van der Waals surface area contributed by atoms with Crippen molar-refractivity contribution < 1.29 is 0 Å². The van der Waals surface area contributed by atoms with Gasteiger partial charge >= 0.3 is 0 Å². The molecule has 104 valence electrons. The highest BCUT2D eigenvalue weighted by atomic mass is 35.5. The van der Waals surface area contributed by atoms with Crippen molar-refractivity contribution in [3.05, 3.63) is 50.7 Å². The van der Waals surface area contributed by atoms with Gasteiger partial charge in [0.1, 0.15) is 4.99 Å². The number of anilines is 1. The lowest BCUT2D eigenvalue weighted by molar-refractivity contribution is 0.609. The third-order valence-electron chi connectivity index (χ3n) is 3.63. The number of thiophene rings is 1. The van der Waals surface area contributed by atoms with Crippen molar-refractivity contribution in [2.75, 3.05) is 5.32 Å². The van der Waals surface area contributed by atoms with Gasteiger partial charge in [0.15, 0.2) is 0 Å². The predicted octanol–water partition coefficient (Wildman–Crippen LogP) is 4.53. The standard InChI is InChI=1S/C15H15ClN2S2/c16-12-8-9(4-5-10(12)15(17)19)18-13-2-1-3-14-11(13)6-7-20-14/h4-8,13,18H,1-3H2,(H2,17,19). The molecule has 3 rings (SSSR count). The fourth-order valence-electron chi connectivity index (χ4n) is 2.64. The molecule has 0 fully saturated rings. The number of nitrogens with two attached hydrogens (primary N) is 1. The number of hydrogen-bond donors (Lipinski definition) is 2. The molecule has 0 amide bonds. The molecule has 0 saturated carbocycles. The number of rotatable bonds is 3. The molecular weight excluding hydrogens is 308 g/mol. The Hall–Kier alpha value is -1.10. The van der Waals surface area contributed by atoms with E-state index >= 15 is 0 Å². The summed E-state index contributed by atoms with van der Waals surface area (Å²) in [6.45, 7) is 0. The van der Waals surface area contributed by atoms with Gasteiger partial charge in [0.2, 0.25) is 0 Å². The minimum Gasteiger partial charge on any atom is -0.389 e. The zero-order valence-electron chi connectivity index (χ0n) is 10.9. The van der Waals surface area contributed by atoms with Crippen molar-refractivity contribution in [3.8, 4) is 0 Å². The summed E-state index contributed by atoms with van der Waals surface area (Å²) in [6.07, 6.45) is 3.58. The van der Waals surface area contributed by atoms with Gasteiger partial charge in [-0.3, -0.25) is 0 Å². The average Bonchev–Trinajstić information content (AvgIpc) is 2.87. The Morgan fingerprint density at radius 1 is 1.40 bits per heavy atom. The second-order valence-corrected chi connectivity index (χ2v) is 6.79. The number of aryl methyl sites for hydroxylation is 1. The Balaban J connectivity index is 1.83. The molecule has 5 heteroatoms. The van der Waals surface area contributed by atoms with E-state index in [0.717, 1.165) is 17.7 Å². The highest BCUT2D eigenvalue weighted by molar-refractivity contribution is 7.80. The molecule has 1 aliphatic rings. The lowest BCUT2D eigenvalue weighted by atomic mass is 9.94. The Kier molecular flexibility index (Phi) is 3.96.